The van der Waals surface area contributed by atoms with E-state index in [-0.39, 0.29) is 11.6 Å². The first-order valence-corrected chi connectivity index (χ1v) is 6.39. The van der Waals surface area contributed by atoms with E-state index in [1.54, 1.807) is 0 Å². The first-order valence-electron chi connectivity index (χ1n) is 6.39. The molecule has 0 aliphatic carbocycles. The van der Waals surface area contributed by atoms with Crippen LogP contribution in [0.5, 0.6) is 0 Å². The van der Waals surface area contributed by atoms with E-state index in [4.69, 9.17) is 5.11 Å². The van der Waals surface area contributed by atoms with Gasteiger partial charge in [0.25, 0.3) is 0 Å². The second-order valence-corrected chi connectivity index (χ2v) is 4.21. The van der Waals surface area contributed by atoms with Crippen LogP contribution in [0.2, 0.25) is 0 Å². The highest BCUT2D eigenvalue weighted by Crippen LogP contribution is 2.00. The zero-order chi connectivity index (χ0) is 15.0. The Bertz CT molecular complexity index is 208. The van der Waals surface area contributed by atoms with Gasteiger partial charge < -0.3 is 14.7 Å². The van der Waals surface area contributed by atoms with Crippen LogP contribution in [0.1, 0.15) is 66.7 Å². The highest BCUT2D eigenvalue weighted by Gasteiger charge is 2.04. The maximum absolute atomic E-state index is 10.4. The fourth-order valence-corrected chi connectivity index (χ4v) is 0.885. The average Bonchev–Trinajstić information content (AvgIpc) is 2.17. The molecule has 18 heavy (non-hydrogen) atoms. The molecule has 0 aromatic rings. The van der Waals surface area contributed by atoms with Crippen molar-refractivity contribution in [1.29, 1.82) is 0 Å². The Kier molecular flexibility index (Phi) is 22.6. The predicted octanol–water partition coefficient (Wildman–Crippen LogP) is 2.71. The summed E-state index contributed by atoms with van der Waals surface area (Å²) in [6.07, 6.45) is 4.19. The minimum atomic E-state index is -0.410. The van der Waals surface area contributed by atoms with Crippen molar-refractivity contribution in [2.45, 2.75) is 72.8 Å². The second-order valence-electron chi connectivity index (χ2n) is 4.21. The number of aliphatic hydroxyl groups is 1. The van der Waals surface area contributed by atoms with Crippen LogP contribution >= 0.6 is 0 Å². The first kappa shape index (κ1) is 22.2. The van der Waals surface area contributed by atoms with E-state index in [0.29, 0.717) is 12.8 Å². The minimum Gasteiger partial charge on any atom is -0.393 e. The quantitative estimate of drug-likeness (QED) is 0.745. The Hall–Kier alpha value is -1.03. The van der Waals surface area contributed by atoms with Gasteiger partial charge in [0.05, 0.1) is 6.10 Å². The molecule has 0 amide bonds. The highest BCUT2D eigenvalue weighted by atomic mass is 16.3. The first-order chi connectivity index (χ1) is 8.31. The summed E-state index contributed by atoms with van der Waals surface area (Å²) in [6, 6.07) is 0. The van der Waals surface area contributed by atoms with Gasteiger partial charge in [-0.15, -0.1) is 0 Å². The molecule has 4 nitrogen and oxygen atoms in total. The maximum atomic E-state index is 10.4. The lowest BCUT2D eigenvalue weighted by Gasteiger charge is -2.04. The summed E-state index contributed by atoms with van der Waals surface area (Å²) in [5.41, 5.74) is 0. The third-order valence-electron chi connectivity index (χ3n) is 1.55. The molecule has 1 N–H and O–H groups in total. The van der Waals surface area contributed by atoms with Crippen molar-refractivity contribution in [3.8, 4) is 0 Å². The van der Waals surface area contributed by atoms with Crippen molar-refractivity contribution in [1.82, 2.24) is 0 Å². The summed E-state index contributed by atoms with van der Waals surface area (Å²) in [4.78, 5) is 29.2. The SMILES string of the molecule is CC(C)=O.CCCC=O.CCC[C@@H](O)CC(C)=O. The number of hydrogen-bond acceptors (Lipinski definition) is 4. The van der Waals surface area contributed by atoms with Gasteiger partial charge in [-0.1, -0.05) is 20.3 Å². The van der Waals surface area contributed by atoms with E-state index in [2.05, 4.69) is 0 Å². The molecule has 0 fully saturated rings. The topological polar surface area (TPSA) is 71.4 Å². The number of carbonyl (C=O) groups is 3. The summed E-state index contributed by atoms with van der Waals surface area (Å²) in [5.74, 6) is 0.232. The molecule has 0 aromatic carbocycles. The van der Waals surface area contributed by atoms with Crippen molar-refractivity contribution >= 4 is 17.9 Å². The third-order valence-corrected chi connectivity index (χ3v) is 1.55. The molecule has 0 heterocycles. The molecule has 0 bridgehead atoms. The van der Waals surface area contributed by atoms with Gasteiger partial charge in [-0.25, -0.2) is 0 Å². The number of Topliss-reactive ketones (excluding diaryl/α,β-unsaturated/α-hetero) is 2. The lowest BCUT2D eigenvalue weighted by atomic mass is 10.1. The molecule has 0 saturated carbocycles. The van der Waals surface area contributed by atoms with Crippen molar-refractivity contribution < 1.29 is 19.5 Å². The van der Waals surface area contributed by atoms with Gasteiger partial charge in [0.15, 0.2) is 0 Å². The number of rotatable bonds is 6. The molecule has 0 aliphatic rings. The van der Waals surface area contributed by atoms with Crippen LogP contribution in [-0.4, -0.2) is 29.1 Å². The van der Waals surface area contributed by atoms with Crippen molar-refractivity contribution in [2.75, 3.05) is 0 Å². The predicted molar refractivity (Wildman–Crippen MR) is 73.5 cm³/mol. The van der Waals surface area contributed by atoms with Gasteiger partial charge in [0, 0.05) is 12.8 Å². The Morgan fingerprint density at radius 2 is 1.56 bits per heavy atom. The largest absolute Gasteiger partial charge is 0.393 e. The molecular weight excluding hydrogens is 232 g/mol. The van der Waals surface area contributed by atoms with Gasteiger partial charge >= 0.3 is 0 Å². The van der Waals surface area contributed by atoms with Crippen LogP contribution in [0.15, 0.2) is 0 Å². The normalized spacial score (nSPS) is 10.1. The highest BCUT2D eigenvalue weighted by molar-refractivity contribution is 5.75. The van der Waals surface area contributed by atoms with E-state index >= 15 is 0 Å². The van der Waals surface area contributed by atoms with Crippen LogP contribution in [0, 0.1) is 0 Å². The molecule has 0 spiro atoms. The molecule has 0 unspecified atom stereocenters. The summed E-state index contributed by atoms with van der Waals surface area (Å²) in [7, 11) is 0. The van der Waals surface area contributed by atoms with Crippen LogP contribution < -0.4 is 0 Å². The fraction of sp³-hybridized carbons (Fsp3) is 0.786. The van der Waals surface area contributed by atoms with E-state index in [1.807, 2.05) is 13.8 Å². The van der Waals surface area contributed by atoms with Crippen molar-refractivity contribution in [3.63, 3.8) is 0 Å². The molecular formula is C14H28O4. The van der Waals surface area contributed by atoms with Crippen LogP contribution in [-0.2, 0) is 14.4 Å². The van der Waals surface area contributed by atoms with E-state index in [9.17, 15) is 14.4 Å². The van der Waals surface area contributed by atoms with Gasteiger partial charge in [0.2, 0.25) is 0 Å². The molecule has 0 radical (unpaired) electrons. The van der Waals surface area contributed by atoms with Gasteiger partial charge in [-0.05, 0) is 33.6 Å². The Labute approximate surface area is 111 Å². The lowest BCUT2D eigenvalue weighted by molar-refractivity contribution is -0.119. The number of ketones is 2. The average molecular weight is 260 g/mol. The molecule has 4 heteroatoms. The Balaban J connectivity index is -0.000000212. The van der Waals surface area contributed by atoms with Gasteiger partial charge in [0.1, 0.15) is 17.9 Å². The second kappa shape index (κ2) is 18.3. The number of unbranched alkanes of at least 4 members (excludes halogenated alkanes) is 1. The zero-order valence-corrected chi connectivity index (χ0v) is 12.4. The van der Waals surface area contributed by atoms with Crippen LogP contribution in [0.4, 0.5) is 0 Å². The number of aliphatic hydroxyl groups excluding tert-OH is 1. The molecule has 0 aliphatic heterocycles. The number of hydrogen-bond donors (Lipinski definition) is 1. The summed E-state index contributed by atoms with van der Waals surface area (Å²) < 4.78 is 0. The molecule has 0 rings (SSSR count). The molecule has 108 valence electrons. The summed E-state index contributed by atoms with van der Waals surface area (Å²) >= 11 is 0. The molecule has 1 atom stereocenters. The Morgan fingerprint density at radius 1 is 1.11 bits per heavy atom. The van der Waals surface area contributed by atoms with Crippen LogP contribution in [0.25, 0.3) is 0 Å². The lowest BCUT2D eigenvalue weighted by Crippen LogP contribution is -2.10. The van der Waals surface area contributed by atoms with Gasteiger partial charge in [-0.2, -0.15) is 0 Å². The van der Waals surface area contributed by atoms with E-state index < -0.39 is 6.10 Å². The number of carbonyl (C=O) groups excluding carboxylic acids is 3. The molecule has 0 saturated heterocycles. The summed E-state index contributed by atoms with van der Waals surface area (Å²) in [5, 5.41) is 9.00. The monoisotopic (exact) mass is 260 g/mol. The van der Waals surface area contributed by atoms with E-state index in [1.165, 1.54) is 20.8 Å². The minimum absolute atomic E-state index is 0.0657. The fourth-order valence-electron chi connectivity index (χ4n) is 0.885. The standard InChI is InChI=1S/C7H14O2.C4H8O.C3H6O/c1-3-4-7(9)5-6(2)8;1-2-3-4-5;1-3(2)4/h7,9H,3-5H2,1-2H3;4H,2-3H2,1H3;1-2H3/t7-;;/m1../s1. The maximum Gasteiger partial charge on any atom is 0.132 e. The summed E-state index contributed by atoms with van der Waals surface area (Å²) in [6.45, 7) is 8.52. The Morgan fingerprint density at radius 3 is 1.72 bits per heavy atom. The van der Waals surface area contributed by atoms with E-state index in [0.717, 1.165) is 25.5 Å². The third kappa shape index (κ3) is 46.0. The zero-order valence-electron chi connectivity index (χ0n) is 12.4. The smallest absolute Gasteiger partial charge is 0.132 e. The molecule has 0 aromatic heterocycles. The van der Waals surface area contributed by atoms with Crippen molar-refractivity contribution in [3.05, 3.63) is 0 Å². The van der Waals surface area contributed by atoms with Gasteiger partial charge in [-0.3, -0.25) is 4.79 Å². The van der Waals surface area contributed by atoms with Crippen molar-refractivity contribution in [2.24, 2.45) is 0 Å². The number of aldehydes is 1. The van der Waals surface area contributed by atoms with Crippen LogP contribution in [0.3, 0.4) is 0 Å².